The quantitative estimate of drug-likeness (QED) is 0.734. The Labute approximate surface area is 147 Å². The number of hydrogen-bond donors (Lipinski definition) is 1. The Kier molecular flexibility index (Phi) is 4.57. The maximum absolute atomic E-state index is 5.80. The largest absolute Gasteiger partial charge is 0.496 e. The van der Waals surface area contributed by atoms with Crippen LogP contribution in [0.25, 0.3) is 11.1 Å². The van der Waals surface area contributed by atoms with Crippen LogP contribution in [0, 0.1) is 0 Å². The number of benzene rings is 2. The Bertz CT molecular complexity index is 807. The minimum Gasteiger partial charge on any atom is -0.496 e. The summed E-state index contributed by atoms with van der Waals surface area (Å²) in [7, 11) is 1.73. The summed E-state index contributed by atoms with van der Waals surface area (Å²) in [4.78, 5) is 7.03. The molecule has 2 aromatic carbocycles. The topological polar surface area (TPSA) is 50.5 Å². The summed E-state index contributed by atoms with van der Waals surface area (Å²) in [6, 6.07) is 16.9. The van der Waals surface area contributed by atoms with Gasteiger partial charge in [0.2, 0.25) is 0 Å². The fraction of sp³-hybridized carbons (Fsp3) is 0.350. The molecule has 5 nitrogen and oxygen atoms in total. The Morgan fingerprint density at radius 3 is 2.68 bits per heavy atom. The maximum atomic E-state index is 5.80. The number of hydrogen-bond acceptors (Lipinski definition) is 5. The van der Waals surface area contributed by atoms with Crippen LogP contribution in [-0.4, -0.2) is 36.6 Å². The molecule has 0 spiro atoms. The molecule has 2 heterocycles. The first-order chi connectivity index (χ1) is 12.3. The summed E-state index contributed by atoms with van der Waals surface area (Å²) in [6.07, 6.45) is 2.49. The molecule has 0 bridgehead atoms. The van der Waals surface area contributed by atoms with Crippen molar-refractivity contribution in [3.8, 4) is 5.75 Å². The maximum Gasteiger partial charge on any atom is 0.295 e. The number of rotatable bonds is 6. The summed E-state index contributed by atoms with van der Waals surface area (Å²) in [5.74, 6) is 0.929. The minimum atomic E-state index is 0.230. The lowest BCUT2D eigenvalue weighted by Gasteiger charge is -2.29. The Hall–Kier alpha value is -2.53. The summed E-state index contributed by atoms with van der Waals surface area (Å²) in [5, 5.41) is 3.39. The van der Waals surface area contributed by atoms with Gasteiger partial charge >= 0.3 is 0 Å². The summed E-state index contributed by atoms with van der Waals surface area (Å²) in [6.45, 7) is 2.95. The fourth-order valence-electron chi connectivity index (χ4n) is 3.56. The predicted molar refractivity (Wildman–Crippen MR) is 99.0 cm³/mol. The van der Waals surface area contributed by atoms with Crippen LogP contribution in [0.5, 0.6) is 5.75 Å². The number of fused-ring (bicyclic) bond motifs is 1. The van der Waals surface area contributed by atoms with Crippen molar-refractivity contribution in [2.24, 2.45) is 0 Å². The molecule has 1 aliphatic rings. The van der Waals surface area contributed by atoms with Crippen molar-refractivity contribution in [2.75, 3.05) is 32.1 Å². The van der Waals surface area contributed by atoms with Crippen molar-refractivity contribution in [2.45, 2.75) is 18.9 Å². The van der Waals surface area contributed by atoms with E-state index in [2.05, 4.69) is 27.3 Å². The van der Waals surface area contributed by atoms with Crippen molar-refractivity contribution in [1.29, 1.82) is 0 Å². The van der Waals surface area contributed by atoms with Gasteiger partial charge in [-0.05, 0) is 44.1 Å². The molecule has 1 atom stereocenters. The molecule has 1 N–H and O–H groups in total. The van der Waals surface area contributed by atoms with E-state index in [0.717, 1.165) is 36.5 Å². The summed E-state index contributed by atoms with van der Waals surface area (Å²) >= 11 is 0. The van der Waals surface area contributed by atoms with Crippen LogP contribution in [-0.2, 0) is 0 Å². The van der Waals surface area contributed by atoms with E-state index in [0.29, 0.717) is 6.01 Å². The number of oxazole rings is 1. The number of ether oxygens (including phenoxy) is 1. The first kappa shape index (κ1) is 16.0. The Morgan fingerprint density at radius 2 is 1.88 bits per heavy atom. The lowest BCUT2D eigenvalue weighted by atomic mass is 10.0. The zero-order chi connectivity index (χ0) is 17.1. The van der Waals surface area contributed by atoms with E-state index < -0.39 is 0 Å². The molecule has 1 aromatic heterocycles. The first-order valence-electron chi connectivity index (χ1n) is 8.81. The number of para-hydroxylation sites is 3. The number of methoxy groups -OCH3 is 1. The lowest BCUT2D eigenvalue weighted by Crippen LogP contribution is -2.31. The van der Waals surface area contributed by atoms with E-state index in [4.69, 9.17) is 9.15 Å². The third kappa shape index (κ3) is 3.33. The zero-order valence-electron chi connectivity index (χ0n) is 14.4. The van der Waals surface area contributed by atoms with E-state index in [-0.39, 0.29) is 6.04 Å². The van der Waals surface area contributed by atoms with Crippen molar-refractivity contribution >= 4 is 17.1 Å². The molecule has 0 aliphatic carbocycles. The molecular weight excluding hydrogens is 314 g/mol. The molecule has 0 radical (unpaired) electrons. The summed E-state index contributed by atoms with van der Waals surface area (Å²) < 4.78 is 11.4. The monoisotopic (exact) mass is 337 g/mol. The second kappa shape index (κ2) is 7.15. The Morgan fingerprint density at radius 1 is 1.12 bits per heavy atom. The van der Waals surface area contributed by atoms with Crippen LogP contribution >= 0.6 is 0 Å². The third-order valence-corrected chi connectivity index (χ3v) is 4.82. The highest BCUT2D eigenvalue weighted by Gasteiger charge is 2.26. The molecule has 1 aliphatic heterocycles. The molecule has 0 amide bonds. The number of nitrogens with zero attached hydrogens (tertiary/aromatic N) is 2. The van der Waals surface area contributed by atoms with Gasteiger partial charge in [-0.2, -0.15) is 4.98 Å². The minimum absolute atomic E-state index is 0.230. The van der Waals surface area contributed by atoms with Crippen LogP contribution in [0.15, 0.2) is 52.9 Å². The molecule has 1 fully saturated rings. The molecular formula is C20H23N3O2. The molecule has 130 valence electrons. The third-order valence-electron chi connectivity index (χ3n) is 4.82. The number of likely N-dealkylation sites (tertiary alicyclic amines) is 1. The highest BCUT2D eigenvalue weighted by molar-refractivity contribution is 5.74. The van der Waals surface area contributed by atoms with Crippen molar-refractivity contribution in [1.82, 2.24) is 9.88 Å². The van der Waals surface area contributed by atoms with E-state index in [1.807, 2.05) is 36.4 Å². The molecule has 25 heavy (non-hydrogen) atoms. The molecule has 5 heteroatoms. The molecule has 1 saturated heterocycles. The predicted octanol–water partition coefficient (Wildman–Crippen LogP) is 4.09. The Balaban J connectivity index is 1.57. The molecule has 3 aromatic rings. The van der Waals surface area contributed by atoms with Gasteiger partial charge in [0.1, 0.15) is 11.3 Å². The van der Waals surface area contributed by atoms with Crippen LogP contribution < -0.4 is 10.1 Å². The highest BCUT2D eigenvalue weighted by atomic mass is 16.5. The first-order valence-corrected chi connectivity index (χ1v) is 8.81. The lowest BCUT2D eigenvalue weighted by molar-refractivity contribution is 0.248. The molecule has 0 saturated carbocycles. The van der Waals surface area contributed by atoms with E-state index >= 15 is 0 Å². The SMILES string of the molecule is COc1ccccc1C(CNc1nc2ccccc2o1)N1CCCC1. The van der Waals surface area contributed by atoms with Gasteiger partial charge in [-0.25, -0.2) is 0 Å². The highest BCUT2D eigenvalue weighted by Crippen LogP contribution is 2.32. The van der Waals surface area contributed by atoms with Gasteiger partial charge in [0.15, 0.2) is 5.58 Å². The van der Waals surface area contributed by atoms with Crippen LogP contribution in [0.2, 0.25) is 0 Å². The van der Waals surface area contributed by atoms with Gasteiger partial charge in [0, 0.05) is 12.1 Å². The average molecular weight is 337 g/mol. The van der Waals surface area contributed by atoms with E-state index in [9.17, 15) is 0 Å². The average Bonchev–Trinajstić information content (AvgIpc) is 3.31. The second-order valence-corrected chi connectivity index (χ2v) is 6.37. The van der Waals surface area contributed by atoms with Crippen LogP contribution in [0.1, 0.15) is 24.4 Å². The van der Waals surface area contributed by atoms with Crippen molar-refractivity contribution in [3.63, 3.8) is 0 Å². The fourth-order valence-corrected chi connectivity index (χ4v) is 3.56. The van der Waals surface area contributed by atoms with Crippen molar-refractivity contribution in [3.05, 3.63) is 54.1 Å². The smallest absolute Gasteiger partial charge is 0.295 e. The standard InChI is InChI=1S/C20H23N3O2/c1-24-18-10-4-2-8-15(18)17(23-12-6-7-13-23)14-21-20-22-16-9-3-5-11-19(16)25-20/h2-5,8-11,17H,6-7,12-14H2,1H3,(H,21,22). The van der Waals surface area contributed by atoms with Gasteiger partial charge in [-0.1, -0.05) is 30.3 Å². The van der Waals surface area contributed by atoms with E-state index in [1.165, 1.54) is 18.4 Å². The number of aromatic nitrogens is 1. The summed E-state index contributed by atoms with van der Waals surface area (Å²) in [5.41, 5.74) is 2.88. The zero-order valence-corrected chi connectivity index (χ0v) is 14.4. The van der Waals surface area contributed by atoms with Crippen LogP contribution in [0.4, 0.5) is 6.01 Å². The van der Waals surface area contributed by atoms with Crippen LogP contribution in [0.3, 0.4) is 0 Å². The van der Waals surface area contributed by atoms with Gasteiger partial charge in [0.25, 0.3) is 6.01 Å². The van der Waals surface area contributed by atoms with Crippen molar-refractivity contribution < 1.29 is 9.15 Å². The molecule has 4 rings (SSSR count). The van der Waals surface area contributed by atoms with Gasteiger partial charge in [0.05, 0.1) is 13.2 Å². The number of anilines is 1. The normalized spacial score (nSPS) is 16.2. The second-order valence-electron chi connectivity index (χ2n) is 6.37. The number of nitrogens with one attached hydrogen (secondary N) is 1. The molecule has 1 unspecified atom stereocenters. The van der Waals surface area contributed by atoms with Gasteiger partial charge in [-0.3, -0.25) is 4.90 Å². The van der Waals surface area contributed by atoms with E-state index in [1.54, 1.807) is 7.11 Å². The van der Waals surface area contributed by atoms with Gasteiger partial charge in [-0.15, -0.1) is 0 Å². The van der Waals surface area contributed by atoms with Gasteiger partial charge < -0.3 is 14.5 Å².